The molecule has 0 atom stereocenters. The van der Waals surface area contributed by atoms with Crippen molar-refractivity contribution in [2.75, 3.05) is 0 Å². The lowest BCUT2D eigenvalue weighted by molar-refractivity contribution is 0.113. The molecule has 0 saturated carbocycles. The Labute approximate surface area is 146 Å². The number of rotatable bonds is 4. The number of nitrogens with zero attached hydrogens (tertiary/aromatic N) is 2. The van der Waals surface area contributed by atoms with Gasteiger partial charge in [0.25, 0.3) is 6.43 Å². The summed E-state index contributed by atoms with van der Waals surface area (Å²) < 4.78 is 68.3. The number of sulfonamides is 1. The van der Waals surface area contributed by atoms with Crippen LogP contribution in [0.15, 0.2) is 45.9 Å². The van der Waals surface area contributed by atoms with E-state index in [-0.39, 0.29) is 16.8 Å². The second-order valence-corrected chi connectivity index (χ2v) is 6.93. The third-order valence-electron chi connectivity index (χ3n) is 3.71. The SMILES string of the molecule is Cc1ncccc1-c1noc(C(F)F)c1-c1ccc(S(N)(=O)=O)c(F)c1. The Morgan fingerprint density at radius 2 is 1.96 bits per heavy atom. The lowest BCUT2D eigenvalue weighted by Crippen LogP contribution is -2.14. The molecule has 0 fully saturated rings. The number of hydrogen-bond acceptors (Lipinski definition) is 5. The Bertz CT molecular complexity index is 1080. The maximum absolute atomic E-state index is 14.2. The first-order chi connectivity index (χ1) is 12.2. The van der Waals surface area contributed by atoms with Crippen molar-refractivity contribution in [3.05, 3.63) is 53.8 Å². The average Bonchev–Trinajstić information content (AvgIpc) is 2.99. The van der Waals surface area contributed by atoms with Crippen molar-refractivity contribution in [2.45, 2.75) is 18.2 Å². The molecule has 2 aromatic heterocycles. The molecule has 1 aromatic carbocycles. The highest BCUT2D eigenvalue weighted by Gasteiger charge is 2.27. The third-order valence-corrected chi connectivity index (χ3v) is 4.65. The molecule has 2 N–H and O–H groups in total. The molecule has 6 nitrogen and oxygen atoms in total. The van der Waals surface area contributed by atoms with Gasteiger partial charge in [-0.05, 0) is 36.8 Å². The van der Waals surface area contributed by atoms with Gasteiger partial charge in [-0.3, -0.25) is 4.98 Å². The Hall–Kier alpha value is -2.72. The number of alkyl halides is 2. The Balaban J connectivity index is 2.26. The average molecular weight is 383 g/mol. The summed E-state index contributed by atoms with van der Waals surface area (Å²) in [7, 11) is -4.29. The van der Waals surface area contributed by atoms with E-state index in [0.717, 1.165) is 18.2 Å². The van der Waals surface area contributed by atoms with Gasteiger partial charge in [0.2, 0.25) is 15.8 Å². The third kappa shape index (κ3) is 3.20. The van der Waals surface area contributed by atoms with Crippen LogP contribution in [0.5, 0.6) is 0 Å². The normalized spacial score (nSPS) is 11.9. The number of aromatic nitrogens is 2. The lowest BCUT2D eigenvalue weighted by atomic mass is 9.98. The van der Waals surface area contributed by atoms with E-state index < -0.39 is 32.9 Å². The lowest BCUT2D eigenvalue weighted by Gasteiger charge is -2.08. The minimum Gasteiger partial charge on any atom is -0.354 e. The van der Waals surface area contributed by atoms with E-state index in [2.05, 4.69) is 10.1 Å². The summed E-state index contributed by atoms with van der Waals surface area (Å²) in [5.41, 5.74) is 0.813. The highest BCUT2D eigenvalue weighted by molar-refractivity contribution is 7.89. The van der Waals surface area contributed by atoms with E-state index in [0.29, 0.717) is 11.3 Å². The quantitative estimate of drug-likeness (QED) is 0.744. The summed E-state index contributed by atoms with van der Waals surface area (Å²) in [5.74, 6) is -1.92. The van der Waals surface area contributed by atoms with Crippen LogP contribution in [0.25, 0.3) is 22.4 Å². The van der Waals surface area contributed by atoms with Crippen molar-refractivity contribution in [3.63, 3.8) is 0 Å². The summed E-state index contributed by atoms with van der Waals surface area (Å²) in [4.78, 5) is 3.33. The molecule has 0 bridgehead atoms. The van der Waals surface area contributed by atoms with Crippen molar-refractivity contribution < 1.29 is 26.1 Å². The molecule has 10 heteroatoms. The minimum absolute atomic E-state index is 0.0234. The van der Waals surface area contributed by atoms with Gasteiger partial charge in [-0.2, -0.15) is 0 Å². The minimum atomic E-state index is -4.29. The fourth-order valence-electron chi connectivity index (χ4n) is 2.54. The van der Waals surface area contributed by atoms with Gasteiger partial charge in [0.05, 0.1) is 5.56 Å². The van der Waals surface area contributed by atoms with Crippen LogP contribution in [-0.4, -0.2) is 18.6 Å². The molecule has 0 aliphatic rings. The Kier molecular flexibility index (Phi) is 4.55. The number of aryl methyl sites for hydroxylation is 1. The van der Waals surface area contributed by atoms with Crippen LogP contribution in [0.2, 0.25) is 0 Å². The monoisotopic (exact) mass is 383 g/mol. The van der Waals surface area contributed by atoms with Gasteiger partial charge >= 0.3 is 0 Å². The van der Waals surface area contributed by atoms with Crippen LogP contribution < -0.4 is 5.14 Å². The van der Waals surface area contributed by atoms with Crippen molar-refractivity contribution in [3.8, 4) is 22.4 Å². The van der Waals surface area contributed by atoms with Gasteiger partial charge in [0, 0.05) is 17.5 Å². The van der Waals surface area contributed by atoms with Gasteiger partial charge < -0.3 is 4.52 Å². The number of pyridine rings is 1. The van der Waals surface area contributed by atoms with Gasteiger partial charge in [0.15, 0.2) is 0 Å². The van der Waals surface area contributed by atoms with E-state index in [1.165, 1.54) is 6.20 Å². The summed E-state index contributed by atoms with van der Waals surface area (Å²) in [6.45, 7) is 1.65. The zero-order chi connectivity index (χ0) is 19.1. The van der Waals surface area contributed by atoms with E-state index in [1.807, 2.05) is 0 Å². The van der Waals surface area contributed by atoms with E-state index >= 15 is 0 Å². The second kappa shape index (κ2) is 6.54. The zero-order valence-corrected chi connectivity index (χ0v) is 14.1. The van der Waals surface area contributed by atoms with Crippen molar-refractivity contribution in [1.29, 1.82) is 0 Å². The first-order valence-corrected chi connectivity index (χ1v) is 8.77. The number of hydrogen-bond donors (Lipinski definition) is 1. The van der Waals surface area contributed by atoms with Crippen LogP contribution >= 0.6 is 0 Å². The first kappa shape index (κ1) is 18.1. The number of primary sulfonamides is 1. The Morgan fingerprint density at radius 1 is 1.23 bits per heavy atom. The van der Waals surface area contributed by atoms with Crippen molar-refractivity contribution >= 4 is 10.0 Å². The molecule has 0 aliphatic carbocycles. The van der Waals surface area contributed by atoms with Crippen LogP contribution in [-0.2, 0) is 10.0 Å². The molecule has 0 radical (unpaired) electrons. The standard InChI is InChI=1S/C16H12F3N3O3S/c1-8-10(3-2-6-21-8)14-13(15(16(18)19)25-22-14)9-4-5-12(11(17)7-9)26(20,23)24/h2-7,16H,1H3,(H2,20,23,24). The van der Waals surface area contributed by atoms with Gasteiger partial charge in [0.1, 0.15) is 16.4 Å². The molecule has 3 rings (SSSR count). The second-order valence-electron chi connectivity index (χ2n) is 5.40. The first-order valence-electron chi connectivity index (χ1n) is 7.22. The molecular formula is C16H12F3N3O3S. The van der Waals surface area contributed by atoms with E-state index in [4.69, 9.17) is 9.66 Å². The molecule has 0 aliphatic heterocycles. The molecule has 0 amide bonds. The molecule has 0 spiro atoms. The maximum Gasteiger partial charge on any atom is 0.298 e. The molecule has 0 unspecified atom stereocenters. The number of halogens is 3. The molecule has 2 heterocycles. The Morgan fingerprint density at radius 3 is 2.54 bits per heavy atom. The van der Waals surface area contributed by atoms with Gasteiger partial charge in [-0.15, -0.1) is 0 Å². The largest absolute Gasteiger partial charge is 0.354 e. The van der Waals surface area contributed by atoms with Gasteiger partial charge in [-0.1, -0.05) is 11.2 Å². The smallest absolute Gasteiger partial charge is 0.298 e. The zero-order valence-electron chi connectivity index (χ0n) is 13.3. The van der Waals surface area contributed by atoms with E-state index in [9.17, 15) is 21.6 Å². The van der Waals surface area contributed by atoms with Crippen molar-refractivity contribution in [2.24, 2.45) is 5.14 Å². The predicted octanol–water partition coefficient (Wildman–Crippen LogP) is 3.44. The van der Waals surface area contributed by atoms with E-state index in [1.54, 1.807) is 19.1 Å². The van der Waals surface area contributed by atoms with Crippen LogP contribution in [0.4, 0.5) is 13.2 Å². The number of nitrogens with two attached hydrogens (primary N) is 1. The van der Waals surface area contributed by atoms with Crippen LogP contribution in [0, 0.1) is 12.7 Å². The fourth-order valence-corrected chi connectivity index (χ4v) is 3.12. The highest BCUT2D eigenvalue weighted by Crippen LogP contribution is 2.40. The number of benzene rings is 1. The molecule has 136 valence electrons. The summed E-state index contributed by atoms with van der Waals surface area (Å²) in [5, 5.41) is 8.60. The van der Waals surface area contributed by atoms with Crippen molar-refractivity contribution in [1.82, 2.24) is 10.1 Å². The summed E-state index contributed by atoms with van der Waals surface area (Å²) >= 11 is 0. The predicted molar refractivity (Wildman–Crippen MR) is 86.2 cm³/mol. The molecule has 0 saturated heterocycles. The maximum atomic E-state index is 14.2. The summed E-state index contributed by atoms with van der Waals surface area (Å²) in [6.07, 6.45) is -1.49. The molecule has 3 aromatic rings. The fraction of sp³-hybridized carbons (Fsp3) is 0.125. The highest BCUT2D eigenvalue weighted by atomic mass is 32.2. The van der Waals surface area contributed by atoms with Crippen LogP contribution in [0.3, 0.4) is 0 Å². The molecular weight excluding hydrogens is 371 g/mol. The van der Waals surface area contributed by atoms with Gasteiger partial charge in [-0.25, -0.2) is 26.7 Å². The topological polar surface area (TPSA) is 99.1 Å². The molecule has 26 heavy (non-hydrogen) atoms. The summed E-state index contributed by atoms with van der Waals surface area (Å²) in [6, 6.07) is 6.06. The van der Waals surface area contributed by atoms with Crippen LogP contribution in [0.1, 0.15) is 17.9 Å².